The molecular formula is C16H29N5. The second-order valence-electron chi connectivity index (χ2n) is 6.99. The molecule has 1 aromatic rings. The minimum absolute atomic E-state index is 0.0921. The maximum absolute atomic E-state index is 6.03. The number of nitrogen functional groups attached to an aromatic ring is 1. The molecule has 0 aliphatic carbocycles. The molecule has 0 atom stereocenters. The fraction of sp³-hybridized carbons (Fsp3) is 0.750. The smallest absolute Gasteiger partial charge is 0.138 e. The van der Waals surface area contributed by atoms with Gasteiger partial charge in [0, 0.05) is 24.1 Å². The van der Waals surface area contributed by atoms with Gasteiger partial charge in [0.05, 0.1) is 0 Å². The summed E-state index contributed by atoms with van der Waals surface area (Å²) < 4.78 is 0. The van der Waals surface area contributed by atoms with Crippen molar-refractivity contribution < 1.29 is 0 Å². The summed E-state index contributed by atoms with van der Waals surface area (Å²) >= 11 is 0. The zero-order chi connectivity index (χ0) is 15.5. The van der Waals surface area contributed by atoms with Crippen molar-refractivity contribution in [1.82, 2.24) is 14.9 Å². The lowest BCUT2D eigenvalue weighted by Gasteiger charge is -2.26. The van der Waals surface area contributed by atoms with Crippen molar-refractivity contribution in [3.8, 4) is 0 Å². The minimum Gasteiger partial charge on any atom is -0.383 e. The quantitative estimate of drug-likeness (QED) is 0.892. The SMILES string of the molecule is Cc1c(N)nc(C(C)(C)C)nc1NCCN1CCCCC1. The molecule has 1 fully saturated rings. The van der Waals surface area contributed by atoms with Crippen molar-refractivity contribution >= 4 is 11.6 Å². The van der Waals surface area contributed by atoms with E-state index in [4.69, 9.17) is 5.73 Å². The highest BCUT2D eigenvalue weighted by molar-refractivity contribution is 5.55. The van der Waals surface area contributed by atoms with E-state index in [1.807, 2.05) is 6.92 Å². The molecule has 5 nitrogen and oxygen atoms in total. The van der Waals surface area contributed by atoms with Gasteiger partial charge in [-0.3, -0.25) is 0 Å². The molecule has 0 amide bonds. The Morgan fingerprint density at radius 3 is 2.43 bits per heavy atom. The predicted octanol–water partition coefficient (Wildman–Crippen LogP) is 2.56. The molecule has 0 bridgehead atoms. The molecule has 0 saturated carbocycles. The summed E-state index contributed by atoms with van der Waals surface area (Å²) in [5.74, 6) is 2.26. The molecule has 0 radical (unpaired) electrons. The summed E-state index contributed by atoms with van der Waals surface area (Å²) in [7, 11) is 0. The van der Waals surface area contributed by atoms with E-state index >= 15 is 0 Å². The molecular weight excluding hydrogens is 262 g/mol. The summed E-state index contributed by atoms with van der Waals surface area (Å²) in [6, 6.07) is 0. The number of hydrogen-bond donors (Lipinski definition) is 2. The molecule has 0 unspecified atom stereocenters. The third-order valence-corrected chi connectivity index (χ3v) is 4.02. The number of rotatable bonds is 4. The first-order chi connectivity index (χ1) is 9.88. The maximum atomic E-state index is 6.03. The Balaban J connectivity index is 2.00. The van der Waals surface area contributed by atoms with Crippen LogP contribution in [0.5, 0.6) is 0 Å². The number of anilines is 2. The highest BCUT2D eigenvalue weighted by Gasteiger charge is 2.20. The highest BCUT2D eigenvalue weighted by atomic mass is 15.2. The molecule has 0 spiro atoms. The normalized spacial score (nSPS) is 17.0. The fourth-order valence-electron chi connectivity index (χ4n) is 2.56. The van der Waals surface area contributed by atoms with Crippen molar-refractivity contribution in [3.05, 3.63) is 11.4 Å². The van der Waals surface area contributed by atoms with Crippen LogP contribution in [-0.2, 0) is 5.41 Å². The van der Waals surface area contributed by atoms with Gasteiger partial charge in [-0.15, -0.1) is 0 Å². The van der Waals surface area contributed by atoms with Crippen LogP contribution in [-0.4, -0.2) is 41.0 Å². The highest BCUT2D eigenvalue weighted by Crippen LogP contribution is 2.24. The third-order valence-electron chi connectivity index (χ3n) is 4.02. The van der Waals surface area contributed by atoms with Crippen LogP contribution in [0.3, 0.4) is 0 Å². The number of nitrogens with two attached hydrogens (primary N) is 1. The van der Waals surface area contributed by atoms with E-state index in [9.17, 15) is 0 Å². The topological polar surface area (TPSA) is 67.1 Å². The lowest BCUT2D eigenvalue weighted by Crippen LogP contribution is -2.34. The van der Waals surface area contributed by atoms with E-state index < -0.39 is 0 Å². The van der Waals surface area contributed by atoms with Gasteiger partial charge in [0.25, 0.3) is 0 Å². The van der Waals surface area contributed by atoms with Crippen molar-refractivity contribution in [2.75, 3.05) is 37.2 Å². The molecule has 1 saturated heterocycles. The first-order valence-electron chi connectivity index (χ1n) is 7.99. The summed E-state index contributed by atoms with van der Waals surface area (Å²) in [5.41, 5.74) is 6.88. The lowest BCUT2D eigenvalue weighted by atomic mass is 9.95. The third kappa shape index (κ3) is 4.30. The Kier molecular flexibility index (Phi) is 5.04. The average Bonchev–Trinajstić information content (AvgIpc) is 2.43. The lowest BCUT2D eigenvalue weighted by molar-refractivity contribution is 0.237. The number of likely N-dealkylation sites (tertiary alicyclic amines) is 1. The van der Waals surface area contributed by atoms with E-state index in [0.717, 1.165) is 30.3 Å². The maximum Gasteiger partial charge on any atom is 0.138 e. The molecule has 3 N–H and O–H groups in total. The number of aromatic nitrogens is 2. The molecule has 5 heteroatoms. The summed E-state index contributed by atoms with van der Waals surface area (Å²) in [5, 5.41) is 3.44. The van der Waals surface area contributed by atoms with Crippen molar-refractivity contribution in [2.24, 2.45) is 0 Å². The van der Waals surface area contributed by atoms with Crippen LogP contribution in [0.25, 0.3) is 0 Å². The van der Waals surface area contributed by atoms with Gasteiger partial charge < -0.3 is 16.0 Å². The summed E-state index contributed by atoms with van der Waals surface area (Å²) in [6.45, 7) is 12.7. The van der Waals surface area contributed by atoms with E-state index in [0.29, 0.717) is 5.82 Å². The molecule has 1 aliphatic rings. The van der Waals surface area contributed by atoms with E-state index in [1.54, 1.807) is 0 Å². The zero-order valence-corrected chi connectivity index (χ0v) is 13.9. The number of nitrogens with zero attached hydrogens (tertiary/aromatic N) is 3. The Hall–Kier alpha value is -1.36. The van der Waals surface area contributed by atoms with E-state index in [2.05, 4.69) is 41.0 Å². The second-order valence-corrected chi connectivity index (χ2v) is 6.99. The largest absolute Gasteiger partial charge is 0.383 e. The number of hydrogen-bond acceptors (Lipinski definition) is 5. The van der Waals surface area contributed by atoms with E-state index in [-0.39, 0.29) is 5.41 Å². The van der Waals surface area contributed by atoms with E-state index in [1.165, 1.54) is 32.4 Å². The van der Waals surface area contributed by atoms with Crippen LogP contribution in [0.4, 0.5) is 11.6 Å². The molecule has 1 aromatic heterocycles. The molecule has 21 heavy (non-hydrogen) atoms. The van der Waals surface area contributed by atoms with Crippen LogP contribution >= 0.6 is 0 Å². The summed E-state index contributed by atoms with van der Waals surface area (Å²) in [4.78, 5) is 11.6. The molecule has 0 aromatic carbocycles. The van der Waals surface area contributed by atoms with Gasteiger partial charge in [0.2, 0.25) is 0 Å². The average molecular weight is 291 g/mol. The van der Waals surface area contributed by atoms with Crippen LogP contribution in [0.2, 0.25) is 0 Å². The van der Waals surface area contributed by atoms with Crippen LogP contribution in [0.15, 0.2) is 0 Å². The van der Waals surface area contributed by atoms with Crippen LogP contribution in [0.1, 0.15) is 51.4 Å². The van der Waals surface area contributed by atoms with Gasteiger partial charge in [-0.2, -0.15) is 0 Å². The van der Waals surface area contributed by atoms with Crippen molar-refractivity contribution in [2.45, 2.75) is 52.4 Å². The predicted molar refractivity (Wildman–Crippen MR) is 88.7 cm³/mol. The molecule has 2 rings (SSSR count). The first-order valence-corrected chi connectivity index (χ1v) is 7.99. The first kappa shape index (κ1) is 16.0. The van der Waals surface area contributed by atoms with Gasteiger partial charge in [0.1, 0.15) is 17.5 Å². The molecule has 118 valence electrons. The van der Waals surface area contributed by atoms with Gasteiger partial charge in [-0.05, 0) is 32.9 Å². The Morgan fingerprint density at radius 1 is 1.14 bits per heavy atom. The fourth-order valence-corrected chi connectivity index (χ4v) is 2.56. The van der Waals surface area contributed by atoms with Gasteiger partial charge in [-0.1, -0.05) is 27.2 Å². The van der Waals surface area contributed by atoms with Crippen LogP contribution in [0, 0.1) is 6.92 Å². The van der Waals surface area contributed by atoms with Gasteiger partial charge >= 0.3 is 0 Å². The number of nitrogens with one attached hydrogen (secondary N) is 1. The standard InChI is InChI=1S/C16H29N5/c1-12-13(17)19-15(16(2,3)4)20-14(12)18-8-11-21-9-6-5-7-10-21/h5-11H2,1-4H3,(H3,17,18,19,20). The molecule has 1 aliphatic heterocycles. The van der Waals surface area contributed by atoms with Gasteiger partial charge in [0.15, 0.2) is 0 Å². The van der Waals surface area contributed by atoms with Gasteiger partial charge in [-0.25, -0.2) is 9.97 Å². The van der Waals surface area contributed by atoms with Crippen molar-refractivity contribution in [1.29, 1.82) is 0 Å². The second kappa shape index (κ2) is 6.60. The van der Waals surface area contributed by atoms with Crippen molar-refractivity contribution in [3.63, 3.8) is 0 Å². The Morgan fingerprint density at radius 2 is 1.81 bits per heavy atom. The number of piperidine rings is 1. The zero-order valence-electron chi connectivity index (χ0n) is 13.9. The Bertz CT molecular complexity index is 472. The van der Waals surface area contributed by atoms with Crippen LogP contribution < -0.4 is 11.1 Å². The molecule has 2 heterocycles. The Labute approximate surface area is 128 Å². The monoisotopic (exact) mass is 291 g/mol. The summed E-state index contributed by atoms with van der Waals surface area (Å²) in [6.07, 6.45) is 4.03. The minimum atomic E-state index is -0.0921.